The summed E-state index contributed by atoms with van der Waals surface area (Å²) in [5.74, 6) is 0.291. The number of hydrogen-bond acceptors (Lipinski definition) is 5. The van der Waals surface area contributed by atoms with E-state index < -0.39 is 0 Å². The number of phenolic OH excluding ortho intramolecular Hbond substituents is 1. The lowest BCUT2D eigenvalue weighted by atomic mass is 9.65. The summed E-state index contributed by atoms with van der Waals surface area (Å²) in [6, 6.07) is 2.39. The van der Waals surface area contributed by atoms with E-state index >= 15 is 0 Å². The quantitative estimate of drug-likeness (QED) is 0.611. The summed E-state index contributed by atoms with van der Waals surface area (Å²) < 4.78 is 6.08. The van der Waals surface area contributed by atoms with E-state index in [9.17, 15) is 9.90 Å². The smallest absolute Gasteiger partial charge is 0.202 e. The molecule has 170 valence electrons. The van der Waals surface area contributed by atoms with Gasteiger partial charge < -0.3 is 14.4 Å². The van der Waals surface area contributed by atoms with Crippen molar-refractivity contribution < 1.29 is 14.4 Å². The molecule has 1 aromatic carbocycles. The third-order valence-electron chi connectivity index (χ3n) is 7.52. The molecule has 3 atom stereocenters. The molecule has 2 aromatic heterocycles. The number of rotatable bonds is 4. The lowest BCUT2D eigenvalue weighted by Gasteiger charge is -2.37. The first-order valence-corrected chi connectivity index (χ1v) is 12.5. The molecule has 1 saturated carbocycles. The summed E-state index contributed by atoms with van der Waals surface area (Å²) >= 11 is 1.45. The molecule has 1 aliphatic carbocycles. The van der Waals surface area contributed by atoms with Gasteiger partial charge in [0.2, 0.25) is 5.43 Å². The molecular weight excluding hydrogens is 420 g/mol. The van der Waals surface area contributed by atoms with Crippen LogP contribution in [0.4, 0.5) is 0 Å². The zero-order valence-electron chi connectivity index (χ0n) is 19.7. The van der Waals surface area contributed by atoms with Crippen molar-refractivity contribution in [2.24, 2.45) is 10.8 Å². The number of quaternary nitrogens is 1. The highest BCUT2D eigenvalue weighted by molar-refractivity contribution is 7.13. The van der Waals surface area contributed by atoms with E-state index in [1.807, 2.05) is 25.3 Å². The third-order valence-corrected chi connectivity index (χ3v) is 8.51. The minimum atomic E-state index is -0.0696. The van der Waals surface area contributed by atoms with Crippen molar-refractivity contribution in [3.63, 3.8) is 0 Å². The Labute approximate surface area is 193 Å². The summed E-state index contributed by atoms with van der Waals surface area (Å²) in [5.41, 5.74) is 4.12. The van der Waals surface area contributed by atoms with Crippen molar-refractivity contribution in [3.05, 3.63) is 44.8 Å². The average molecular weight is 454 g/mol. The number of likely N-dealkylation sites (tertiary alicyclic amines) is 1. The first kappa shape index (κ1) is 21.7. The Bertz CT molecular complexity index is 1260. The highest BCUT2D eigenvalue weighted by Gasteiger charge is 2.52. The molecule has 1 unspecified atom stereocenters. The minimum absolute atomic E-state index is 0.0696. The van der Waals surface area contributed by atoms with Crippen LogP contribution in [0.25, 0.3) is 21.5 Å². The van der Waals surface area contributed by atoms with Gasteiger partial charge in [-0.15, -0.1) is 11.3 Å². The lowest BCUT2D eigenvalue weighted by molar-refractivity contribution is -0.928. The van der Waals surface area contributed by atoms with Crippen LogP contribution in [-0.4, -0.2) is 22.7 Å². The average Bonchev–Trinajstić information content (AvgIpc) is 3.23. The van der Waals surface area contributed by atoms with Gasteiger partial charge in [0.25, 0.3) is 0 Å². The maximum Gasteiger partial charge on any atom is 0.202 e. The number of nitrogens with one attached hydrogen (secondary N) is 1. The number of aromatic hydroxyl groups is 1. The number of hydrogen-bond donors (Lipinski definition) is 2. The van der Waals surface area contributed by atoms with Crippen LogP contribution >= 0.6 is 11.3 Å². The second kappa shape index (κ2) is 7.42. The number of aromatic nitrogens is 1. The SMILES string of the molecule is CCc1cc2c(=O)c(-c3nc(C)cs3)coc2c(C[NH+]2C[C@@]3(C)C[C@@H]2CC(C)(C)C3)c1O. The number of thiazole rings is 1. The van der Waals surface area contributed by atoms with E-state index in [0.717, 1.165) is 23.4 Å². The molecule has 32 heavy (non-hydrogen) atoms. The van der Waals surface area contributed by atoms with E-state index in [1.54, 1.807) is 0 Å². The fourth-order valence-corrected chi connectivity index (χ4v) is 7.43. The van der Waals surface area contributed by atoms with Gasteiger partial charge in [0, 0.05) is 29.3 Å². The molecule has 5 rings (SSSR count). The van der Waals surface area contributed by atoms with Gasteiger partial charge in [-0.3, -0.25) is 4.79 Å². The summed E-state index contributed by atoms with van der Waals surface area (Å²) in [5, 5.41) is 14.3. The number of phenols is 1. The lowest BCUT2D eigenvalue weighted by Crippen LogP contribution is -3.12. The van der Waals surface area contributed by atoms with Crippen LogP contribution in [0.2, 0.25) is 0 Å². The topological polar surface area (TPSA) is 67.8 Å². The largest absolute Gasteiger partial charge is 0.507 e. The van der Waals surface area contributed by atoms with E-state index in [0.29, 0.717) is 57.1 Å². The zero-order valence-corrected chi connectivity index (χ0v) is 20.5. The van der Waals surface area contributed by atoms with Gasteiger partial charge in [0.05, 0.1) is 29.1 Å². The standard InChI is InChI=1S/C26H32N2O3S/c1-6-16-7-18-22(30)20(24-27-15(2)12-32-24)11-31-23(18)19(21(16)29)10-28-14-26(5)9-17(28)8-25(3,4)13-26/h7,11-12,17,29H,6,8-10,13-14H2,1-5H3/p+1/t17-,26-/m0/s1. The van der Waals surface area contributed by atoms with Crippen molar-refractivity contribution in [2.45, 2.75) is 72.9 Å². The van der Waals surface area contributed by atoms with Crippen molar-refractivity contribution in [1.82, 2.24) is 4.98 Å². The molecule has 3 heterocycles. The molecule has 2 N–H and O–H groups in total. The van der Waals surface area contributed by atoms with Crippen molar-refractivity contribution in [1.29, 1.82) is 0 Å². The molecular formula is C26H33N2O3S+. The highest BCUT2D eigenvalue weighted by atomic mass is 32.1. The Balaban J connectivity index is 1.61. The summed E-state index contributed by atoms with van der Waals surface area (Å²) in [7, 11) is 0. The van der Waals surface area contributed by atoms with Crippen LogP contribution in [0.3, 0.4) is 0 Å². The van der Waals surface area contributed by atoms with E-state index in [1.165, 1.54) is 41.8 Å². The van der Waals surface area contributed by atoms with Gasteiger partial charge in [-0.05, 0) is 36.8 Å². The molecule has 0 radical (unpaired) electrons. The molecule has 0 spiro atoms. The fourth-order valence-electron chi connectivity index (χ4n) is 6.63. The molecule has 0 amide bonds. The van der Waals surface area contributed by atoms with E-state index in [2.05, 4.69) is 25.8 Å². The molecule has 5 nitrogen and oxygen atoms in total. The van der Waals surface area contributed by atoms with Crippen molar-refractivity contribution in [3.8, 4) is 16.3 Å². The van der Waals surface area contributed by atoms with Gasteiger partial charge in [0.15, 0.2) is 0 Å². The maximum atomic E-state index is 13.4. The number of benzene rings is 1. The molecule has 6 heteroatoms. The van der Waals surface area contributed by atoms with Crippen LogP contribution in [0.1, 0.15) is 63.8 Å². The number of aryl methyl sites for hydroxylation is 2. The van der Waals surface area contributed by atoms with Gasteiger partial charge in [0.1, 0.15) is 29.1 Å². The number of fused-ring (bicyclic) bond motifs is 3. The van der Waals surface area contributed by atoms with Gasteiger partial charge in [-0.25, -0.2) is 4.98 Å². The first-order valence-electron chi connectivity index (χ1n) is 11.7. The van der Waals surface area contributed by atoms with Gasteiger partial charge in [-0.1, -0.05) is 27.7 Å². The summed E-state index contributed by atoms with van der Waals surface area (Å²) in [4.78, 5) is 19.4. The predicted molar refractivity (Wildman–Crippen MR) is 128 cm³/mol. The summed E-state index contributed by atoms with van der Waals surface area (Å²) in [6.07, 6.45) is 5.86. The zero-order chi connectivity index (χ0) is 22.8. The van der Waals surface area contributed by atoms with Crippen molar-refractivity contribution >= 4 is 22.3 Å². The van der Waals surface area contributed by atoms with Crippen LogP contribution in [0.15, 0.2) is 26.9 Å². The predicted octanol–water partition coefficient (Wildman–Crippen LogP) is 4.48. The number of nitrogens with zero attached hydrogens (tertiary/aromatic N) is 1. The molecule has 2 bridgehead atoms. The third kappa shape index (κ3) is 3.57. The van der Waals surface area contributed by atoms with Crippen molar-refractivity contribution in [2.75, 3.05) is 6.54 Å². The first-order chi connectivity index (χ1) is 15.1. The van der Waals surface area contributed by atoms with E-state index in [-0.39, 0.29) is 5.43 Å². The van der Waals surface area contributed by atoms with E-state index in [4.69, 9.17) is 4.42 Å². The van der Waals surface area contributed by atoms with Gasteiger partial charge in [-0.2, -0.15) is 0 Å². The van der Waals surface area contributed by atoms with Crippen LogP contribution in [0, 0.1) is 17.8 Å². The molecule has 3 aromatic rings. The normalized spacial score (nSPS) is 26.7. The maximum absolute atomic E-state index is 13.4. The minimum Gasteiger partial charge on any atom is -0.507 e. The Morgan fingerprint density at radius 2 is 2.09 bits per heavy atom. The molecule has 2 fully saturated rings. The highest BCUT2D eigenvalue weighted by Crippen LogP contribution is 2.47. The molecule has 2 aliphatic rings. The fraction of sp³-hybridized carbons (Fsp3) is 0.538. The monoisotopic (exact) mass is 453 g/mol. The van der Waals surface area contributed by atoms with Crippen LogP contribution in [-0.2, 0) is 13.0 Å². The molecule has 1 saturated heterocycles. The summed E-state index contributed by atoms with van der Waals surface area (Å²) in [6.45, 7) is 12.9. The van der Waals surface area contributed by atoms with Gasteiger partial charge >= 0.3 is 0 Å². The second-order valence-electron chi connectivity index (χ2n) is 11.1. The van der Waals surface area contributed by atoms with Crippen LogP contribution in [0.5, 0.6) is 5.75 Å². The second-order valence-corrected chi connectivity index (χ2v) is 12.0. The Kier molecular flexibility index (Phi) is 5.02. The molecule has 1 aliphatic heterocycles. The van der Waals surface area contributed by atoms with Crippen LogP contribution < -0.4 is 10.3 Å². The Morgan fingerprint density at radius 1 is 1.31 bits per heavy atom. The Hall–Kier alpha value is -2.18. The Morgan fingerprint density at radius 3 is 2.78 bits per heavy atom.